The van der Waals surface area contributed by atoms with Gasteiger partial charge in [0.05, 0.1) is 19.3 Å². The maximum Gasteiger partial charge on any atom is 0.282 e. The van der Waals surface area contributed by atoms with Crippen molar-refractivity contribution in [1.82, 2.24) is 4.98 Å². The van der Waals surface area contributed by atoms with Crippen molar-refractivity contribution >= 4 is 21.6 Å². The van der Waals surface area contributed by atoms with Crippen LogP contribution in [0.1, 0.15) is 0 Å². The minimum atomic E-state index is -2.55. The van der Waals surface area contributed by atoms with E-state index in [4.69, 9.17) is 4.42 Å². The first-order valence-corrected chi connectivity index (χ1v) is 6.17. The average Bonchev–Trinajstić information content (AvgIpc) is 2.73. The molecular weight excluding hydrogens is 306 g/mol. The molecular formula is C12H9BrF2N2O. The topological polar surface area (TPSA) is 29.3 Å². The van der Waals surface area contributed by atoms with E-state index in [0.717, 1.165) is 11.3 Å². The Morgan fingerprint density at radius 2 is 1.89 bits per heavy atom. The van der Waals surface area contributed by atoms with Crippen molar-refractivity contribution in [2.75, 3.05) is 18.0 Å². The highest BCUT2D eigenvalue weighted by Gasteiger charge is 2.43. The Balaban J connectivity index is 1.78. The molecule has 0 bridgehead atoms. The van der Waals surface area contributed by atoms with Crippen LogP contribution in [0.4, 0.5) is 14.5 Å². The van der Waals surface area contributed by atoms with E-state index < -0.39 is 5.92 Å². The number of rotatable bonds is 2. The van der Waals surface area contributed by atoms with Crippen LogP contribution >= 0.6 is 15.9 Å². The monoisotopic (exact) mass is 314 g/mol. The number of aromatic nitrogens is 1. The molecule has 1 saturated heterocycles. The van der Waals surface area contributed by atoms with Crippen LogP contribution in [0.25, 0.3) is 11.3 Å². The van der Waals surface area contributed by atoms with E-state index in [-0.39, 0.29) is 13.1 Å². The Kier molecular flexibility index (Phi) is 2.62. The van der Waals surface area contributed by atoms with Gasteiger partial charge in [-0.25, -0.2) is 13.8 Å². The SMILES string of the molecule is FC1(F)CN(c2ccc(-c3cnc(Br)o3)cc2)C1. The van der Waals surface area contributed by atoms with Gasteiger partial charge in [0, 0.05) is 27.2 Å². The average molecular weight is 315 g/mol. The van der Waals surface area contributed by atoms with Crippen LogP contribution in [-0.4, -0.2) is 24.0 Å². The summed E-state index contributed by atoms with van der Waals surface area (Å²) in [5.74, 6) is -1.91. The van der Waals surface area contributed by atoms with Crippen LogP contribution in [0.5, 0.6) is 0 Å². The normalized spacial score (nSPS) is 17.6. The lowest BCUT2D eigenvalue weighted by Crippen LogP contribution is -2.56. The summed E-state index contributed by atoms with van der Waals surface area (Å²) in [5, 5.41) is 0. The van der Waals surface area contributed by atoms with Crippen LogP contribution in [0, 0.1) is 0 Å². The summed E-state index contributed by atoms with van der Waals surface area (Å²) >= 11 is 3.13. The summed E-state index contributed by atoms with van der Waals surface area (Å²) in [7, 11) is 0. The van der Waals surface area contributed by atoms with E-state index >= 15 is 0 Å². The second-order valence-corrected chi connectivity index (χ2v) is 4.91. The standard InChI is InChI=1S/C12H9BrF2N2O/c13-11-16-5-10(18-11)8-1-3-9(4-2-8)17-6-12(14,15)7-17/h1-5H,6-7H2. The zero-order valence-electron chi connectivity index (χ0n) is 9.24. The molecule has 0 unspecified atom stereocenters. The molecule has 0 aliphatic carbocycles. The Hall–Kier alpha value is -1.43. The second kappa shape index (κ2) is 4.05. The van der Waals surface area contributed by atoms with E-state index in [9.17, 15) is 8.78 Å². The number of alkyl halides is 2. The molecule has 6 heteroatoms. The molecule has 18 heavy (non-hydrogen) atoms. The number of halogens is 3. The third-order valence-corrected chi connectivity index (χ3v) is 3.21. The van der Waals surface area contributed by atoms with Crippen LogP contribution in [0.2, 0.25) is 0 Å². The third kappa shape index (κ3) is 2.12. The molecule has 0 atom stereocenters. The van der Waals surface area contributed by atoms with Gasteiger partial charge in [0.15, 0.2) is 5.76 Å². The number of hydrogen-bond donors (Lipinski definition) is 0. The fraction of sp³-hybridized carbons (Fsp3) is 0.250. The lowest BCUT2D eigenvalue weighted by molar-refractivity contribution is -0.0262. The summed E-state index contributed by atoms with van der Waals surface area (Å²) in [6.07, 6.45) is 1.61. The zero-order chi connectivity index (χ0) is 12.8. The summed E-state index contributed by atoms with van der Waals surface area (Å²) < 4.78 is 30.8. The second-order valence-electron chi connectivity index (χ2n) is 4.24. The van der Waals surface area contributed by atoms with Gasteiger partial charge in [0.1, 0.15) is 0 Å². The first-order chi connectivity index (χ1) is 8.53. The molecule has 0 spiro atoms. The Labute approximate surface area is 111 Å². The van der Waals surface area contributed by atoms with E-state index in [2.05, 4.69) is 20.9 Å². The van der Waals surface area contributed by atoms with Gasteiger partial charge >= 0.3 is 0 Å². The maximum absolute atomic E-state index is 12.8. The van der Waals surface area contributed by atoms with Crippen molar-refractivity contribution in [1.29, 1.82) is 0 Å². The van der Waals surface area contributed by atoms with Gasteiger partial charge in [-0.05, 0) is 24.3 Å². The number of oxazole rings is 1. The number of hydrogen-bond acceptors (Lipinski definition) is 3. The highest BCUT2D eigenvalue weighted by atomic mass is 79.9. The predicted molar refractivity (Wildman–Crippen MR) is 66.8 cm³/mol. The first-order valence-electron chi connectivity index (χ1n) is 5.38. The van der Waals surface area contributed by atoms with Crippen molar-refractivity contribution in [2.24, 2.45) is 0 Å². The van der Waals surface area contributed by atoms with E-state index in [0.29, 0.717) is 10.6 Å². The number of benzene rings is 1. The quantitative estimate of drug-likeness (QED) is 0.848. The summed E-state index contributed by atoms with van der Waals surface area (Å²) in [5.41, 5.74) is 1.66. The van der Waals surface area contributed by atoms with Crippen LogP contribution in [0.15, 0.2) is 39.7 Å². The van der Waals surface area contributed by atoms with E-state index in [1.165, 1.54) is 0 Å². The van der Waals surface area contributed by atoms with Crippen LogP contribution in [0.3, 0.4) is 0 Å². The summed E-state index contributed by atoms with van der Waals surface area (Å²) in [6.45, 7) is -0.416. The molecule has 3 rings (SSSR count). The highest BCUT2D eigenvalue weighted by molar-refractivity contribution is 9.10. The molecule has 0 saturated carbocycles. The smallest absolute Gasteiger partial charge is 0.282 e. The summed E-state index contributed by atoms with van der Waals surface area (Å²) in [4.78, 5) is 6.00. The molecule has 1 aliphatic rings. The molecule has 1 aromatic carbocycles. The molecule has 1 aromatic heterocycles. The van der Waals surface area contributed by atoms with Crippen molar-refractivity contribution in [2.45, 2.75) is 5.92 Å². The van der Waals surface area contributed by atoms with Gasteiger partial charge in [-0.3, -0.25) is 0 Å². The molecule has 1 fully saturated rings. The number of anilines is 1. The van der Waals surface area contributed by atoms with E-state index in [1.54, 1.807) is 23.2 Å². The van der Waals surface area contributed by atoms with Crippen molar-refractivity contribution < 1.29 is 13.2 Å². The Morgan fingerprint density at radius 3 is 2.39 bits per heavy atom. The molecule has 1 aliphatic heterocycles. The lowest BCUT2D eigenvalue weighted by Gasteiger charge is -2.40. The molecule has 0 N–H and O–H groups in total. The molecule has 94 valence electrons. The fourth-order valence-electron chi connectivity index (χ4n) is 1.92. The van der Waals surface area contributed by atoms with Gasteiger partial charge in [-0.1, -0.05) is 0 Å². The van der Waals surface area contributed by atoms with Crippen molar-refractivity contribution in [3.05, 3.63) is 35.3 Å². The van der Waals surface area contributed by atoms with Gasteiger partial charge < -0.3 is 9.32 Å². The lowest BCUT2D eigenvalue weighted by atomic mass is 10.1. The predicted octanol–water partition coefficient (Wildman–Crippen LogP) is 3.56. The van der Waals surface area contributed by atoms with Crippen LogP contribution < -0.4 is 4.90 Å². The fourth-order valence-corrected chi connectivity index (χ4v) is 2.19. The van der Waals surface area contributed by atoms with Gasteiger partial charge in [-0.2, -0.15) is 0 Å². The molecule has 0 amide bonds. The third-order valence-electron chi connectivity index (χ3n) is 2.84. The molecule has 2 heterocycles. The van der Waals surface area contributed by atoms with Crippen molar-refractivity contribution in [3.8, 4) is 11.3 Å². The zero-order valence-corrected chi connectivity index (χ0v) is 10.8. The van der Waals surface area contributed by atoms with Gasteiger partial charge in [0.2, 0.25) is 0 Å². The Bertz CT molecular complexity index is 560. The first kappa shape index (κ1) is 11.6. The number of nitrogens with zero attached hydrogens (tertiary/aromatic N) is 2. The maximum atomic E-state index is 12.8. The minimum Gasteiger partial charge on any atom is -0.431 e. The van der Waals surface area contributed by atoms with Gasteiger partial charge in [-0.15, -0.1) is 0 Å². The largest absolute Gasteiger partial charge is 0.431 e. The molecule has 3 nitrogen and oxygen atoms in total. The van der Waals surface area contributed by atoms with Crippen molar-refractivity contribution in [3.63, 3.8) is 0 Å². The van der Waals surface area contributed by atoms with Crippen LogP contribution in [-0.2, 0) is 0 Å². The van der Waals surface area contributed by atoms with E-state index in [1.807, 2.05) is 12.1 Å². The summed E-state index contributed by atoms with van der Waals surface area (Å²) in [6, 6.07) is 7.28. The highest BCUT2D eigenvalue weighted by Crippen LogP contribution is 2.33. The molecule has 0 radical (unpaired) electrons. The molecule has 2 aromatic rings. The van der Waals surface area contributed by atoms with Gasteiger partial charge in [0.25, 0.3) is 10.7 Å². The minimum absolute atomic E-state index is 0.208. The Morgan fingerprint density at radius 1 is 1.22 bits per heavy atom.